The van der Waals surface area contributed by atoms with Crippen LogP contribution in [-0.4, -0.2) is 24.2 Å². The smallest absolute Gasteiger partial charge is 0.416 e. The Bertz CT molecular complexity index is 821. The first-order valence-corrected chi connectivity index (χ1v) is 6.83. The summed E-state index contributed by atoms with van der Waals surface area (Å²) in [6.45, 7) is 0. The molecule has 0 aromatic heterocycles. The van der Waals surface area contributed by atoms with Gasteiger partial charge < -0.3 is 15.6 Å². The van der Waals surface area contributed by atoms with Gasteiger partial charge in [0.05, 0.1) is 29.6 Å². The number of nitrogens with two attached hydrogens (primary N) is 1. The zero-order valence-corrected chi connectivity index (χ0v) is 12.9. The topological polar surface area (TPSA) is 92.9 Å². The zero-order valence-electron chi connectivity index (χ0n) is 12.9. The number of amides is 2. The first-order chi connectivity index (χ1) is 11.6. The molecule has 0 bridgehead atoms. The van der Waals surface area contributed by atoms with E-state index in [1.54, 1.807) is 0 Å². The van der Waals surface area contributed by atoms with Gasteiger partial charge in [0, 0.05) is 0 Å². The quantitative estimate of drug-likeness (QED) is 0.826. The fraction of sp³-hybridized carbons (Fsp3) is 0.125. The van der Waals surface area contributed by atoms with Crippen LogP contribution in [0, 0.1) is 0 Å². The molecule has 0 aliphatic rings. The van der Waals surface area contributed by atoms with Crippen LogP contribution in [0.4, 0.5) is 29.3 Å². The minimum Gasteiger partial charge on any atom is -0.506 e. The minimum atomic E-state index is -4.61. The summed E-state index contributed by atoms with van der Waals surface area (Å²) < 4.78 is 43.1. The van der Waals surface area contributed by atoms with Crippen molar-refractivity contribution in [2.45, 2.75) is 6.18 Å². The summed E-state index contributed by atoms with van der Waals surface area (Å²) in [6.07, 6.45) is -4.61. The number of carbonyl (C=O) groups excluding carboxylic acids is 2. The number of anilines is 2. The van der Waals surface area contributed by atoms with Crippen LogP contribution in [0.2, 0.25) is 0 Å². The van der Waals surface area contributed by atoms with Crippen molar-refractivity contribution in [1.29, 1.82) is 0 Å². The van der Waals surface area contributed by atoms with Crippen LogP contribution in [0.15, 0.2) is 42.5 Å². The van der Waals surface area contributed by atoms with Gasteiger partial charge in [0.25, 0.3) is 0 Å². The molecular weight excluding hydrogens is 341 g/mol. The normalized spacial score (nSPS) is 11.0. The summed E-state index contributed by atoms with van der Waals surface area (Å²) in [4.78, 5) is 23.9. The van der Waals surface area contributed by atoms with Crippen LogP contribution in [0.25, 0.3) is 0 Å². The van der Waals surface area contributed by atoms with Gasteiger partial charge in [-0.2, -0.15) is 13.2 Å². The Morgan fingerprint density at radius 3 is 2.36 bits per heavy atom. The Kier molecular flexibility index (Phi) is 4.87. The molecule has 0 fully saturated rings. The van der Waals surface area contributed by atoms with Crippen LogP contribution in [0.5, 0.6) is 5.75 Å². The van der Waals surface area contributed by atoms with E-state index in [1.165, 1.54) is 18.2 Å². The number of phenols is 1. The predicted molar refractivity (Wildman–Crippen MR) is 82.6 cm³/mol. The molecule has 132 valence electrons. The van der Waals surface area contributed by atoms with Gasteiger partial charge in [-0.3, -0.25) is 4.90 Å². The minimum absolute atomic E-state index is 0.00258. The summed E-state index contributed by atoms with van der Waals surface area (Å²) in [5.41, 5.74) is 3.90. The number of nitrogens with zero attached hydrogens (tertiary/aromatic N) is 1. The molecule has 0 unspecified atom stereocenters. The van der Waals surface area contributed by atoms with E-state index in [0.717, 1.165) is 31.4 Å². The van der Waals surface area contributed by atoms with E-state index in [1.807, 2.05) is 0 Å². The molecule has 3 N–H and O–H groups in total. The highest BCUT2D eigenvalue weighted by atomic mass is 19.4. The highest BCUT2D eigenvalue weighted by Gasteiger charge is 2.31. The second kappa shape index (κ2) is 6.71. The van der Waals surface area contributed by atoms with E-state index in [2.05, 4.69) is 4.74 Å². The number of aromatic hydroxyl groups is 1. The van der Waals surface area contributed by atoms with Crippen molar-refractivity contribution in [3.63, 3.8) is 0 Å². The fourth-order valence-electron chi connectivity index (χ4n) is 2.16. The number of ether oxygens (including phenoxy) is 1. The van der Waals surface area contributed by atoms with E-state index in [-0.39, 0.29) is 16.9 Å². The number of carbonyl (C=O) groups is 2. The maximum absolute atomic E-state index is 12.9. The van der Waals surface area contributed by atoms with E-state index >= 15 is 0 Å². The lowest BCUT2D eigenvalue weighted by Gasteiger charge is -2.22. The van der Waals surface area contributed by atoms with E-state index in [0.29, 0.717) is 4.90 Å². The van der Waals surface area contributed by atoms with Crippen molar-refractivity contribution in [2.24, 2.45) is 5.73 Å². The number of esters is 1. The molecule has 2 rings (SSSR count). The molecule has 0 atom stereocenters. The lowest BCUT2D eigenvalue weighted by molar-refractivity contribution is -0.137. The van der Waals surface area contributed by atoms with Crippen LogP contribution in [-0.2, 0) is 10.9 Å². The number of halogens is 3. The molecule has 0 heterocycles. The number of methoxy groups -OCH3 is 1. The average molecular weight is 354 g/mol. The molecule has 25 heavy (non-hydrogen) atoms. The van der Waals surface area contributed by atoms with E-state index in [4.69, 9.17) is 5.73 Å². The van der Waals surface area contributed by atoms with Crippen molar-refractivity contribution >= 4 is 23.4 Å². The zero-order chi connectivity index (χ0) is 18.8. The SMILES string of the molecule is COC(=O)c1ccc(N(C(N)=O)c2cccc(C(F)(F)F)c2)c(O)c1. The first kappa shape index (κ1) is 18.1. The highest BCUT2D eigenvalue weighted by Crippen LogP contribution is 2.37. The number of phenolic OH excluding ortho intramolecular Hbond substituents is 1. The number of primary amides is 1. The van der Waals surface area contributed by atoms with Gasteiger partial charge in [-0.1, -0.05) is 6.07 Å². The molecule has 0 spiro atoms. The largest absolute Gasteiger partial charge is 0.506 e. The third kappa shape index (κ3) is 3.82. The molecule has 0 saturated carbocycles. The van der Waals surface area contributed by atoms with Crippen molar-refractivity contribution in [3.8, 4) is 5.75 Å². The molecule has 0 radical (unpaired) electrons. The molecule has 2 amide bonds. The van der Waals surface area contributed by atoms with Crippen molar-refractivity contribution < 1.29 is 32.6 Å². The number of hydrogen-bond donors (Lipinski definition) is 2. The molecular formula is C16H13F3N2O4. The van der Waals surface area contributed by atoms with E-state index in [9.17, 15) is 27.9 Å². The Labute approximate surface area is 140 Å². The third-order valence-electron chi connectivity index (χ3n) is 3.29. The Hall–Kier alpha value is -3.23. The average Bonchev–Trinajstić information content (AvgIpc) is 2.55. The van der Waals surface area contributed by atoms with Crippen LogP contribution in [0.1, 0.15) is 15.9 Å². The lowest BCUT2D eigenvalue weighted by atomic mass is 10.1. The predicted octanol–water partition coefficient (Wildman–Crippen LogP) is 3.41. The number of benzene rings is 2. The van der Waals surface area contributed by atoms with Crippen molar-refractivity contribution in [1.82, 2.24) is 0 Å². The van der Waals surface area contributed by atoms with Gasteiger partial charge in [-0.25, -0.2) is 9.59 Å². The monoisotopic (exact) mass is 354 g/mol. The molecule has 6 nitrogen and oxygen atoms in total. The summed E-state index contributed by atoms with van der Waals surface area (Å²) >= 11 is 0. The summed E-state index contributed by atoms with van der Waals surface area (Å²) in [5.74, 6) is -1.26. The number of alkyl halides is 3. The number of urea groups is 1. The van der Waals surface area contributed by atoms with Gasteiger partial charge in [-0.05, 0) is 36.4 Å². The summed E-state index contributed by atoms with van der Waals surface area (Å²) in [5, 5.41) is 10.1. The highest BCUT2D eigenvalue weighted by molar-refractivity contribution is 6.01. The molecule has 0 aliphatic heterocycles. The second-order valence-corrected chi connectivity index (χ2v) is 4.92. The van der Waals surface area contributed by atoms with Crippen molar-refractivity contribution in [2.75, 3.05) is 12.0 Å². The Balaban J connectivity index is 2.53. The van der Waals surface area contributed by atoms with Gasteiger partial charge in [0.2, 0.25) is 0 Å². The van der Waals surface area contributed by atoms with Crippen LogP contribution >= 0.6 is 0 Å². The van der Waals surface area contributed by atoms with Gasteiger partial charge in [0.1, 0.15) is 5.75 Å². The standard InChI is InChI=1S/C16H13F3N2O4/c1-25-14(23)9-5-6-12(13(22)7-9)21(15(20)24)11-4-2-3-10(8-11)16(17,18)19/h2-8,22H,1H3,(H2,20,24). The lowest BCUT2D eigenvalue weighted by Crippen LogP contribution is -2.31. The molecule has 2 aromatic carbocycles. The first-order valence-electron chi connectivity index (χ1n) is 6.83. The molecule has 0 saturated heterocycles. The fourth-order valence-corrected chi connectivity index (χ4v) is 2.16. The molecule has 0 aliphatic carbocycles. The summed E-state index contributed by atoms with van der Waals surface area (Å²) in [7, 11) is 1.14. The maximum atomic E-state index is 12.9. The van der Waals surface area contributed by atoms with Gasteiger partial charge in [0.15, 0.2) is 0 Å². The maximum Gasteiger partial charge on any atom is 0.416 e. The van der Waals surface area contributed by atoms with E-state index < -0.39 is 29.5 Å². The number of rotatable bonds is 3. The van der Waals surface area contributed by atoms with Crippen LogP contribution in [0.3, 0.4) is 0 Å². The Morgan fingerprint density at radius 1 is 1.16 bits per heavy atom. The third-order valence-corrected chi connectivity index (χ3v) is 3.29. The van der Waals surface area contributed by atoms with Gasteiger partial charge in [-0.15, -0.1) is 0 Å². The van der Waals surface area contributed by atoms with Crippen molar-refractivity contribution in [3.05, 3.63) is 53.6 Å². The molecule has 2 aromatic rings. The second-order valence-electron chi connectivity index (χ2n) is 4.92. The number of hydrogen-bond acceptors (Lipinski definition) is 4. The summed E-state index contributed by atoms with van der Waals surface area (Å²) in [6, 6.07) is 6.21. The Morgan fingerprint density at radius 2 is 1.84 bits per heavy atom. The molecule has 9 heteroatoms. The van der Waals surface area contributed by atoms with Crippen LogP contribution < -0.4 is 10.6 Å². The van der Waals surface area contributed by atoms with Gasteiger partial charge >= 0.3 is 18.2 Å².